The van der Waals surface area contributed by atoms with Gasteiger partial charge in [-0.05, 0) is 25.7 Å². The van der Waals surface area contributed by atoms with Gasteiger partial charge in [-0.3, -0.25) is 15.0 Å². The minimum absolute atomic E-state index is 0.00904. The first-order chi connectivity index (χ1) is 13.6. The second-order valence-corrected chi connectivity index (χ2v) is 6.41. The first-order valence-corrected chi connectivity index (χ1v) is 9.13. The van der Waals surface area contributed by atoms with Crippen LogP contribution in [-0.4, -0.2) is 41.0 Å². The van der Waals surface area contributed by atoms with Crippen molar-refractivity contribution < 1.29 is 24.2 Å². The number of hydrazine groups is 1. The zero-order valence-corrected chi connectivity index (χ0v) is 17.0. The fourth-order valence-electron chi connectivity index (χ4n) is 2.19. The van der Waals surface area contributed by atoms with Crippen molar-refractivity contribution in [2.24, 2.45) is 5.92 Å². The summed E-state index contributed by atoms with van der Waals surface area (Å²) >= 11 is 0. The van der Waals surface area contributed by atoms with Crippen molar-refractivity contribution in [1.29, 1.82) is 5.41 Å². The third-order valence-electron chi connectivity index (χ3n) is 3.37. The van der Waals surface area contributed by atoms with Crippen LogP contribution in [0.5, 0.6) is 0 Å². The van der Waals surface area contributed by atoms with Crippen LogP contribution in [0, 0.1) is 28.0 Å². The molecule has 0 fully saturated rings. The second kappa shape index (κ2) is 13.1. The van der Waals surface area contributed by atoms with E-state index in [1.165, 1.54) is 6.54 Å². The molecule has 0 spiro atoms. The maximum atomic E-state index is 12.8. The molecule has 5 N–H and O–H groups in total. The number of amides is 2. The zero-order chi connectivity index (χ0) is 22.4. The maximum Gasteiger partial charge on any atom is 0.330 e. The highest BCUT2D eigenvalue weighted by atomic mass is 16.7. The smallest absolute Gasteiger partial charge is 0.330 e. The molecule has 0 aromatic carbocycles. The third-order valence-corrected chi connectivity index (χ3v) is 3.37. The van der Waals surface area contributed by atoms with E-state index in [1.807, 2.05) is 13.8 Å². The van der Waals surface area contributed by atoms with Crippen molar-refractivity contribution in [2.45, 2.75) is 52.6 Å². The van der Waals surface area contributed by atoms with E-state index >= 15 is 0 Å². The minimum Gasteiger partial charge on any atom is -0.463 e. The Morgan fingerprint density at radius 3 is 2.38 bits per heavy atom. The van der Waals surface area contributed by atoms with Crippen LogP contribution in [0.4, 0.5) is 0 Å². The molecule has 0 aliphatic rings. The number of esters is 1. The number of nitrogens with one attached hydrogen (secondary N) is 5. The van der Waals surface area contributed by atoms with Crippen LogP contribution in [-0.2, 0) is 19.1 Å². The van der Waals surface area contributed by atoms with Gasteiger partial charge in [0, 0.05) is 18.7 Å². The van der Waals surface area contributed by atoms with Gasteiger partial charge in [0.25, 0.3) is 11.9 Å². The van der Waals surface area contributed by atoms with E-state index in [4.69, 9.17) is 5.41 Å². The quantitative estimate of drug-likeness (QED) is 0.0579. The molecular weight excluding hydrogens is 384 g/mol. The highest BCUT2D eigenvalue weighted by Crippen LogP contribution is 2.12. The molecule has 0 heterocycles. The van der Waals surface area contributed by atoms with Gasteiger partial charge in [0.05, 0.1) is 6.61 Å². The van der Waals surface area contributed by atoms with E-state index in [0.29, 0.717) is 12.8 Å². The third kappa shape index (κ3) is 10.7. The van der Waals surface area contributed by atoms with Crippen LogP contribution in [0.2, 0.25) is 0 Å². The van der Waals surface area contributed by atoms with Crippen molar-refractivity contribution in [2.75, 3.05) is 6.61 Å². The lowest BCUT2D eigenvalue weighted by Gasteiger charge is -2.33. The monoisotopic (exact) mass is 413 g/mol. The average Bonchev–Trinajstić information content (AvgIpc) is 2.59. The predicted octanol–water partition coefficient (Wildman–Crippen LogP) is 0.348. The fraction of sp³-hybridized carbons (Fsp3) is 0.588. The number of nitro groups is 1. The van der Waals surface area contributed by atoms with E-state index in [1.54, 1.807) is 19.3 Å². The van der Waals surface area contributed by atoms with Crippen molar-refractivity contribution >= 4 is 23.7 Å². The van der Waals surface area contributed by atoms with E-state index in [9.17, 15) is 24.5 Å². The van der Waals surface area contributed by atoms with Gasteiger partial charge in [0.2, 0.25) is 5.91 Å². The molecule has 0 bridgehead atoms. The molecule has 2 amide bonds. The summed E-state index contributed by atoms with van der Waals surface area (Å²) in [6.07, 6.45) is 2.71. The molecule has 0 rings (SSSR count). The van der Waals surface area contributed by atoms with Gasteiger partial charge in [0.1, 0.15) is 0 Å². The van der Waals surface area contributed by atoms with Gasteiger partial charge in [-0.25, -0.2) is 14.9 Å². The largest absolute Gasteiger partial charge is 0.463 e. The maximum absolute atomic E-state index is 12.8. The molecule has 163 valence electrons. The number of carbonyl (C=O) groups excluding carboxylic acids is 3. The van der Waals surface area contributed by atoms with Gasteiger partial charge in [0.15, 0.2) is 10.7 Å². The Labute approximate surface area is 169 Å². The summed E-state index contributed by atoms with van der Waals surface area (Å²) in [5.41, 5.74) is -0.276. The van der Waals surface area contributed by atoms with Crippen LogP contribution in [0.25, 0.3) is 0 Å². The molecule has 0 aromatic rings. The summed E-state index contributed by atoms with van der Waals surface area (Å²) in [6, 6.07) is 0. The van der Waals surface area contributed by atoms with Gasteiger partial charge >= 0.3 is 5.97 Å². The highest BCUT2D eigenvalue weighted by Gasteiger charge is 2.40. The van der Waals surface area contributed by atoms with Crippen molar-refractivity contribution in [1.82, 2.24) is 21.4 Å². The Morgan fingerprint density at radius 1 is 1.21 bits per heavy atom. The molecule has 12 heteroatoms. The molecule has 12 nitrogen and oxygen atoms in total. The summed E-state index contributed by atoms with van der Waals surface area (Å²) in [5.74, 6) is -2.81. The highest BCUT2D eigenvalue weighted by molar-refractivity contribution is 6.00. The standard InChI is InChI=1S/C17H29N6O6/c1-5-10-17(21-16(18)22-23(27)28,15(26)19-11-9-12(3)4)20-13(24)7-8-14(25)29-6-2/h7-8,11-12H,5-6,9-10H2,1-4H3,(H,19,26)(H,20,24)(H3,18,21,22)/b8-7+/t17-/m1/s1. The lowest BCUT2D eigenvalue weighted by molar-refractivity contribution is -0.526. The van der Waals surface area contributed by atoms with E-state index in [-0.39, 0.29) is 18.9 Å². The van der Waals surface area contributed by atoms with E-state index in [2.05, 4.69) is 20.7 Å². The molecule has 1 atom stereocenters. The van der Waals surface area contributed by atoms with Gasteiger partial charge in [-0.15, -0.1) is 0 Å². The van der Waals surface area contributed by atoms with Crippen molar-refractivity contribution in [3.05, 3.63) is 28.8 Å². The Kier molecular flexibility index (Phi) is 11.6. The SMILES string of the molecule is CCC[C@](NC(=N)N[N+](=O)[O-])(NC(=O)/C=C/C(=O)OCC)C(=O)N[CH]CC(C)C. The topological polar surface area (TPSA) is 176 Å². The summed E-state index contributed by atoms with van der Waals surface area (Å²) < 4.78 is 4.68. The van der Waals surface area contributed by atoms with Crippen LogP contribution >= 0.6 is 0 Å². The molecule has 0 unspecified atom stereocenters. The predicted molar refractivity (Wildman–Crippen MR) is 104 cm³/mol. The van der Waals surface area contributed by atoms with Crippen LogP contribution < -0.4 is 21.4 Å². The molecule has 0 saturated carbocycles. The van der Waals surface area contributed by atoms with Crippen LogP contribution in [0.3, 0.4) is 0 Å². The van der Waals surface area contributed by atoms with Gasteiger partial charge in [-0.2, -0.15) is 0 Å². The number of hydrogen-bond donors (Lipinski definition) is 5. The molecular formula is C17H29N6O6. The first-order valence-electron chi connectivity index (χ1n) is 9.13. The molecule has 29 heavy (non-hydrogen) atoms. The fourth-order valence-corrected chi connectivity index (χ4v) is 2.19. The summed E-state index contributed by atoms with van der Waals surface area (Å²) in [7, 11) is 0. The Bertz CT molecular complexity index is 636. The minimum atomic E-state index is -1.86. The van der Waals surface area contributed by atoms with Crippen LogP contribution in [0.1, 0.15) is 47.0 Å². The van der Waals surface area contributed by atoms with Crippen LogP contribution in [0.15, 0.2) is 12.2 Å². The van der Waals surface area contributed by atoms with E-state index < -0.39 is 34.4 Å². The summed E-state index contributed by atoms with van der Waals surface area (Å²) in [5, 5.41) is 24.6. The molecule has 0 saturated heterocycles. The Morgan fingerprint density at radius 2 is 1.86 bits per heavy atom. The number of guanidine groups is 1. The summed E-state index contributed by atoms with van der Waals surface area (Å²) in [6.45, 7) is 8.85. The zero-order valence-electron chi connectivity index (χ0n) is 17.0. The summed E-state index contributed by atoms with van der Waals surface area (Å²) in [4.78, 5) is 47.0. The molecule has 0 aromatic heterocycles. The van der Waals surface area contributed by atoms with Crippen molar-refractivity contribution in [3.8, 4) is 0 Å². The first kappa shape index (κ1) is 25.8. The number of ether oxygens (including phenoxy) is 1. The lowest BCUT2D eigenvalue weighted by atomic mass is 10.0. The second-order valence-electron chi connectivity index (χ2n) is 6.41. The molecule has 0 aliphatic heterocycles. The number of hydrogen-bond acceptors (Lipinski definition) is 7. The van der Waals surface area contributed by atoms with Gasteiger partial charge < -0.3 is 20.7 Å². The van der Waals surface area contributed by atoms with E-state index in [0.717, 1.165) is 12.2 Å². The average molecular weight is 413 g/mol. The Hall–Kier alpha value is -3.18. The van der Waals surface area contributed by atoms with Gasteiger partial charge in [-0.1, -0.05) is 32.6 Å². The van der Waals surface area contributed by atoms with Crippen molar-refractivity contribution in [3.63, 3.8) is 0 Å². The normalized spacial score (nSPS) is 12.7. The molecule has 1 radical (unpaired) electrons. The number of nitrogens with zero attached hydrogens (tertiary/aromatic N) is 1. The molecule has 0 aliphatic carbocycles. The number of rotatable bonds is 12. The Balaban J connectivity index is 5.56. The number of carbonyl (C=O) groups is 3. The lowest BCUT2D eigenvalue weighted by Crippen LogP contribution is -2.69.